The van der Waals surface area contributed by atoms with Gasteiger partial charge in [0.25, 0.3) is 0 Å². The average Bonchev–Trinajstić information content (AvgIpc) is 2.87. The van der Waals surface area contributed by atoms with Crippen LogP contribution in [0.3, 0.4) is 0 Å². The molecule has 0 amide bonds. The Morgan fingerprint density at radius 3 is 1.35 bits per heavy atom. The van der Waals surface area contributed by atoms with Crippen molar-refractivity contribution in [3.63, 3.8) is 0 Å². The van der Waals surface area contributed by atoms with Gasteiger partial charge in [-0.1, -0.05) is 88.7 Å². The van der Waals surface area contributed by atoms with Crippen molar-refractivity contribution in [3.8, 4) is 0 Å². The van der Waals surface area contributed by atoms with Gasteiger partial charge in [-0.3, -0.25) is 0 Å². The van der Waals surface area contributed by atoms with Gasteiger partial charge in [-0.2, -0.15) is 0 Å². The molecule has 0 aliphatic rings. The number of hydrogen-bond acceptors (Lipinski definition) is 6. The molecule has 2 aromatic carbocycles. The number of pyridine rings is 2. The Bertz CT molecular complexity index is 1590. The van der Waals surface area contributed by atoms with Crippen molar-refractivity contribution in [2.24, 2.45) is 0 Å². The summed E-state index contributed by atoms with van der Waals surface area (Å²) in [5, 5.41) is 3.96. The van der Waals surface area contributed by atoms with Crippen LogP contribution in [-0.4, -0.2) is 29.9 Å². The van der Waals surface area contributed by atoms with Gasteiger partial charge in [0.2, 0.25) is 0 Å². The van der Waals surface area contributed by atoms with Crippen LogP contribution in [0, 0.1) is 12.4 Å². The second-order valence-electron chi connectivity index (χ2n) is 10.9. The molecule has 0 saturated carbocycles. The monoisotopic (exact) mass is 667 g/mol. The summed E-state index contributed by atoms with van der Waals surface area (Å²) in [7, 11) is 0. The first kappa shape index (κ1) is 26.7. The Labute approximate surface area is 231 Å². The zero-order chi connectivity index (χ0) is 25.5. The number of hydrogen-bond donors (Lipinski definition) is 0. The van der Waals surface area contributed by atoms with Gasteiger partial charge in [0.1, 0.15) is 0 Å². The quantitative estimate of drug-likeness (QED) is 0.135. The molecule has 0 aliphatic heterocycles. The van der Waals surface area contributed by atoms with Crippen LogP contribution in [0.25, 0.3) is 43.6 Å². The molecule has 4 aromatic heterocycles. The van der Waals surface area contributed by atoms with Crippen molar-refractivity contribution in [1.82, 2.24) is 29.9 Å². The minimum atomic E-state index is -0.0657. The summed E-state index contributed by atoms with van der Waals surface area (Å²) < 4.78 is 0. The standard InChI is InChI=1S/2C15H14N3.Pt/c2*1-15(2,3)14-17-9-11-12(18-14)7-6-10-5-4-8-16-13(10)11;/h2*4-8H,1-3H3;/q2*-1;+2. The molecule has 6 aromatic rings. The first-order chi connectivity index (χ1) is 17.1. The van der Waals surface area contributed by atoms with Crippen LogP contribution in [-0.2, 0) is 31.9 Å². The Kier molecular flexibility index (Phi) is 7.34. The molecule has 188 valence electrons. The van der Waals surface area contributed by atoms with Crippen molar-refractivity contribution in [2.75, 3.05) is 0 Å². The van der Waals surface area contributed by atoms with Crippen LogP contribution < -0.4 is 0 Å². The Balaban J connectivity index is 0.000000168. The second kappa shape index (κ2) is 10.2. The minimum absolute atomic E-state index is 0. The van der Waals surface area contributed by atoms with E-state index < -0.39 is 0 Å². The number of nitrogens with zero attached hydrogens (tertiary/aromatic N) is 6. The molecule has 0 aliphatic carbocycles. The summed E-state index contributed by atoms with van der Waals surface area (Å²) >= 11 is 0. The molecule has 6 nitrogen and oxygen atoms in total. The molecule has 0 unspecified atom stereocenters. The smallest absolute Gasteiger partial charge is 0.338 e. The third-order valence-corrected chi connectivity index (χ3v) is 5.85. The Morgan fingerprint density at radius 1 is 0.568 bits per heavy atom. The maximum atomic E-state index is 4.61. The van der Waals surface area contributed by atoms with Crippen LogP contribution in [0.2, 0.25) is 0 Å². The number of benzene rings is 2. The van der Waals surface area contributed by atoms with E-state index in [0.29, 0.717) is 0 Å². The Hall–Kier alpha value is -3.37. The number of rotatable bonds is 0. The van der Waals surface area contributed by atoms with Crippen LogP contribution in [0.1, 0.15) is 53.2 Å². The molecule has 0 bridgehead atoms. The van der Waals surface area contributed by atoms with E-state index in [4.69, 9.17) is 0 Å². The predicted molar refractivity (Wildman–Crippen MR) is 145 cm³/mol. The molecule has 4 heterocycles. The van der Waals surface area contributed by atoms with Crippen molar-refractivity contribution in [3.05, 3.63) is 85.0 Å². The first-order valence-electron chi connectivity index (χ1n) is 12.0. The fourth-order valence-corrected chi connectivity index (χ4v) is 3.84. The van der Waals surface area contributed by atoms with E-state index in [-0.39, 0.29) is 31.9 Å². The van der Waals surface area contributed by atoms with Gasteiger partial charge in [-0.25, -0.2) is 0 Å². The van der Waals surface area contributed by atoms with Crippen molar-refractivity contribution >= 4 is 43.6 Å². The summed E-state index contributed by atoms with van der Waals surface area (Å²) in [5.41, 5.74) is 3.50. The molecule has 0 N–H and O–H groups in total. The summed E-state index contributed by atoms with van der Waals surface area (Å²) in [6.07, 6.45) is 9.76. The van der Waals surface area contributed by atoms with E-state index in [0.717, 1.165) is 55.3 Å². The molecule has 6 rings (SSSR count). The second-order valence-corrected chi connectivity index (χ2v) is 10.9. The molecule has 37 heavy (non-hydrogen) atoms. The molecule has 0 spiro atoms. The third kappa shape index (κ3) is 5.50. The van der Waals surface area contributed by atoms with Gasteiger partial charge < -0.3 is 29.9 Å². The van der Waals surface area contributed by atoms with Crippen molar-refractivity contribution in [2.45, 2.75) is 52.4 Å². The summed E-state index contributed by atoms with van der Waals surface area (Å²) in [4.78, 5) is 26.7. The van der Waals surface area contributed by atoms with E-state index in [2.05, 4.69) is 83.8 Å². The van der Waals surface area contributed by atoms with Gasteiger partial charge >= 0.3 is 21.1 Å². The first-order valence-corrected chi connectivity index (χ1v) is 12.0. The van der Waals surface area contributed by atoms with Gasteiger partial charge in [0.05, 0.1) is 0 Å². The number of aromatic nitrogens is 6. The van der Waals surface area contributed by atoms with Crippen molar-refractivity contribution in [1.29, 1.82) is 0 Å². The number of fused-ring (bicyclic) bond motifs is 6. The SMILES string of the molecule is CC(C)(C)c1n[c-]c2c(ccc3cccnc32)n1.CC(C)(C)c1n[c-]c2c(ccc3cccnc32)n1.[Pt+2]. The maximum Gasteiger partial charge on any atom is 2.00 e. The van der Waals surface area contributed by atoms with Crippen LogP contribution >= 0.6 is 0 Å². The van der Waals surface area contributed by atoms with Gasteiger partial charge in [-0.05, 0) is 68.2 Å². The van der Waals surface area contributed by atoms with Gasteiger partial charge in [-0.15, -0.1) is 0 Å². The van der Waals surface area contributed by atoms with E-state index in [1.807, 2.05) is 48.5 Å². The van der Waals surface area contributed by atoms with Gasteiger partial charge in [0.15, 0.2) is 0 Å². The average molecular weight is 668 g/mol. The van der Waals surface area contributed by atoms with E-state index in [1.54, 1.807) is 12.4 Å². The Morgan fingerprint density at radius 2 is 0.973 bits per heavy atom. The zero-order valence-corrected chi connectivity index (χ0v) is 24.0. The molecule has 7 heteroatoms. The summed E-state index contributed by atoms with van der Waals surface area (Å²) in [6.45, 7) is 12.6. The van der Waals surface area contributed by atoms with Crippen molar-refractivity contribution < 1.29 is 21.1 Å². The van der Waals surface area contributed by atoms with Crippen LogP contribution in [0.15, 0.2) is 60.9 Å². The topological polar surface area (TPSA) is 77.3 Å². The minimum Gasteiger partial charge on any atom is -0.338 e. The largest absolute Gasteiger partial charge is 2.00 e. The molecule has 0 fully saturated rings. The summed E-state index contributed by atoms with van der Waals surface area (Å²) in [5.74, 6) is 1.62. The van der Waals surface area contributed by atoms with E-state index >= 15 is 0 Å². The molecule has 0 radical (unpaired) electrons. The fourth-order valence-electron chi connectivity index (χ4n) is 3.84. The van der Waals surface area contributed by atoms with Gasteiger partial charge in [0, 0.05) is 24.0 Å². The van der Waals surface area contributed by atoms with E-state index in [1.165, 1.54) is 0 Å². The van der Waals surface area contributed by atoms with Crippen LogP contribution in [0.4, 0.5) is 0 Å². The zero-order valence-electron chi connectivity index (χ0n) is 21.8. The fraction of sp³-hybridized carbons (Fsp3) is 0.267. The molecular weight excluding hydrogens is 639 g/mol. The normalized spacial score (nSPS) is 11.8. The van der Waals surface area contributed by atoms with E-state index in [9.17, 15) is 0 Å². The molecule has 0 atom stereocenters. The summed E-state index contributed by atoms with van der Waals surface area (Å²) in [6, 6.07) is 16.0. The molecular formula is C30H28N6Pt. The third-order valence-electron chi connectivity index (χ3n) is 5.85. The maximum absolute atomic E-state index is 4.61. The molecule has 0 saturated heterocycles. The van der Waals surface area contributed by atoms with Crippen LogP contribution in [0.5, 0.6) is 0 Å². The predicted octanol–water partition coefficient (Wildman–Crippen LogP) is 6.55.